The lowest BCUT2D eigenvalue weighted by molar-refractivity contribution is -0.131. The second-order valence-electron chi connectivity index (χ2n) is 8.68. The second kappa shape index (κ2) is 19.5. The van der Waals surface area contributed by atoms with Crippen LogP contribution in [-0.2, 0) is 4.79 Å². The zero-order valence-corrected chi connectivity index (χ0v) is 19.2. The van der Waals surface area contributed by atoms with Crippen LogP contribution in [0.5, 0.6) is 0 Å². The van der Waals surface area contributed by atoms with Crippen LogP contribution in [0.25, 0.3) is 0 Å². The van der Waals surface area contributed by atoms with E-state index in [4.69, 9.17) is 5.73 Å². The first-order valence-electron chi connectivity index (χ1n) is 12.3. The molecule has 0 aromatic heterocycles. The first-order valence-corrected chi connectivity index (χ1v) is 12.3. The van der Waals surface area contributed by atoms with Crippen molar-refractivity contribution in [2.45, 2.75) is 147 Å². The van der Waals surface area contributed by atoms with Gasteiger partial charge in [0.2, 0.25) is 0 Å². The normalized spacial score (nSPS) is 15.8. The quantitative estimate of drug-likeness (QED) is 0.205. The van der Waals surface area contributed by atoms with E-state index >= 15 is 0 Å². The maximum absolute atomic E-state index is 11.9. The number of aliphatic hydroxyl groups excluding tert-OH is 3. The van der Waals surface area contributed by atoms with Gasteiger partial charge in [-0.2, -0.15) is 0 Å². The Kier molecular flexibility index (Phi) is 19.1. The molecule has 174 valence electrons. The minimum absolute atomic E-state index is 0.268. The van der Waals surface area contributed by atoms with Gasteiger partial charge in [0.25, 0.3) is 0 Å². The van der Waals surface area contributed by atoms with Gasteiger partial charge in [-0.3, -0.25) is 4.79 Å². The molecular weight excluding hydrogens is 366 g/mol. The molecule has 0 aliphatic carbocycles. The standard InChI is InChI=1S/C24H49NO4/c1-3-5-7-8-9-10-11-12-13-14-15-17-19-21(27)24(29)22(25)23(28)20(26)18-16-6-4-2/h21-24,27-29H,3-19,25H2,1-2H3/t21-,22+,23?,24-/m1/s1. The molecule has 5 N–H and O–H groups in total. The van der Waals surface area contributed by atoms with E-state index in [1.807, 2.05) is 6.92 Å². The summed E-state index contributed by atoms with van der Waals surface area (Å²) in [6.45, 7) is 4.29. The zero-order chi connectivity index (χ0) is 21.9. The molecule has 0 aliphatic rings. The van der Waals surface area contributed by atoms with Gasteiger partial charge in [0.1, 0.15) is 6.10 Å². The third kappa shape index (κ3) is 15.0. The lowest BCUT2D eigenvalue weighted by atomic mass is 9.93. The van der Waals surface area contributed by atoms with Gasteiger partial charge in [0.15, 0.2) is 5.78 Å². The minimum atomic E-state index is -1.40. The van der Waals surface area contributed by atoms with Crippen LogP contribution in [0.1, 0.15) is 123 Å². The average molecular weight is 416 g/mol. The van der Waals surface area contributed by atoms with Crippen LogP contribution in [0.15, 0.2) is 0 Å². The summed E-state index contributed by atoms with van der Waals surface area (Å²) in [5, 5.41) is 30.3. The number of nitrogens with two attached hydrogens (primary N) is 1. The van der Waals surface area contributed by atoms with Crippen LogP contribution in [0.2, 0.25) is 0 Å². The second-order valence-corrected chi connectivity index (χ2v) is 8.68. The van der Waals surface area contributed by atoms with Crippen LogP contribution in [-0.4, -0.2) is 45.5 Å². The van der Waals surface area contributed by atoms with Crippen molar-refractivity contribution in [3.8, 4) is 0 Å². The number of hydrogen-bond acceptors (Lipinski definition) is 5. The van der Waals surface area contributed by atoms with Gasteiger partial charge in [-0.25, -0.2) is 0 Å². The number of carbonyl (C=O) groups is 1. The zero-order valence-electron chi connectivity index (χ0n) is 19.2. The number of hydrogen-bond donors (Lipinski definition) is 4. The Morgan fingerprint density at radius 2 is 1.10 bits per heavy atom. The molecule has 29 heavy (non-hydrogen) atoms. The molecule has 0 fully saturated rings. The molecule has 5 nitrogen and oxygen atoms in total. The summed E-state index contributed by atoms with van der Waals surface area (Å²) < 4.78 is 0. The van der Waals surface area contributed by atoms with Gasteiger partial charge in [0.05, 0.1) is 18.2 Å². The van der Waals surface area contributed by atoms with Crippen LogP contribution >= 0.6 is 0 Å². The summed E-state index contributed by atoms with van der Waals surface area (Å²) in [7, 11) is 0. The topological polar surface area (TPSA) is 104 Å². The highest BCUT2D eigenvalue weighted by Crippen LogP contribution is 2.15. The van der Waals surface area contributed by atoms with Crippen molar-refractivity contribution in [3.05, 3.63) is 0 Å². The SMILES string of the molecule is CCCCCCCCCCCCCC[C@@H](O)[C@@H](O)[C@@H](N)C(O)C(=O)CCCCC. The summed E-state index contributed by atoms with van der Waals surface area (Å²) in [5.74, 6) is -0.345. The molecule has 0 saturated carbocycles. The van der Waals surface area contributed by atoms with Gasteiger partial charge >= 0.3 is 0 Å². The van der Waals surface area contributed by atoms with Gasteiger partial charge < -0.3 is 21.1 Å². The van der Waals surface area contributed by atoms with Crippen LogP contribution in [0.4, 0.5) is 0 Å². The number of carbonyl (C=O) groups excluding carboxylic acids is 1. The Morgan fingerprint density at radius 1 is 0.690 bits per heavy atom. The number of aliphatic hydroxyl groups is 3. The van der Waals surface area contributed by atoms with Crippen molar-refractivity contribution in [2.24, 2.45) is 5.73 Å². The number of unbranched alkanes of at least 4 members (excludes halogenated alkanes) is 13. The Morgan fingerprint density at radius 3 is 1.59 bits per heavy atom. The van der Waals surface area contributed by atoms with E-state index in [1.165, 1.54) is 57.8 Å². The number of rotatable bonds is 21. The molecule has 1 unspecified atom stereocenters. The third-order valence-corrected chi connectivity index (χ3v) is 5.86. The molecule has 0 amide bonds. The molecule has 0 aromatic rings. The summed E-state index contributed by atoms with van der Waals surface area (Å²) in [6, 6.07) is -1.13. The van der Waals surface area contributed by atoms with Crippen molar-refractivity contribution in [1.82, 2.24) is 0 Å². The Balaban J connectivity index is 3.74. The lowest BCUT2D eigenvalue weighted by Gasteiger charge is -2.27. The molecule has 0 rings (SSSR count). The molecule has 0 saturated heterocycles. The highest BCUT2D eigenvalue weighted by atomic mass is 16.3. The first kappa shape index (κ1) is 28.5. The highest BCUT2D eigenvalue weighted by molar-refractivity contribution is 5.83. The van der Waals surface area contributed by atoms with E-state index in [0.717, 1.165) is 38.5 Å². The van der Waals surface area contributed by atoms with Crippen LogP contribution in [0, 0.1) is 0 Å². The van der Waals surface area contributed by atoms with E-state index < -0.39 is 24.4 Å². The Hall–Kier alpha value is -0.490. The van der Waals surface area contributed by atoms with Crippen LogP contribution in [0.3, 0.4) is 0 Å². The maximum Gasteiger partial charge on any atom is 0.162 e. The fraction of sp³-hybridized carbons (Fsp3) is 0.958. The number of Topliss-reactive ketones (excluding diaryl/α,β-unsaturated/α-hetero) is 1. The van der Waals surface area contributed by atoms with E-state index in [-0.39, 0.29) is 12.2 Å². The van der Waals surface area contributed by atoms with Crippen molar-refractivity contribution < 1.29 is 20.1 Å². The molecule has 0 aliphatic heterocycles. The van der Waals surface area contributed by atoms with Gasteiger partial charge in [-0.05, 0) is 12.8 Å². The monoisotopic (exact) mass is 415 g/mol. The summed E-state index contributed by atoms with van der Waals surface area (Å²) >= 11 is 0. The number of ketones is 1. The van der Waals surface area contributed by atoms with Crippen LogP contribution < -0.4 is 5.73 Å². The highest BCUT2D eigenvalue weighted by Gasteiger charge is 2.32. The van der Waals surface area contributed by atoms with Crippen molar-refractivity contribution >= 4 is 5.78 Å². The van der Waals surface area contributed by atoms with Gasteiger partial charge in [-0.15, -0.1) is 0 Å². The molecule has 0 aromatic carbocycles. The lowest BCUT2D eigenvalue weighted by Crippen LogP contribution is -2.52. The van der Waals surface area contributed by atoms with E-state index in [1.54, 1.807) is 0 Å². The Bertz CT molecular complexity index is 378. The third-order valence-electron chi connectivity index (χ3n) is 5.86. The maximum atomic E-state index is 11.9. The molecule has 0 radical (unpaired) electrons. The summed E-state index contributed by atoms with van der Waals surface area (Å²) in [4.78, 5) is 11.9. The molecular formula is C24H49NO4. The van der Waals surface area contributed by atoms with Gasteiger partial charge in [0, 0.05) is 6.42 Å². The summed E-state index contributed by atoms with van der Waals surface area (Å²) in [5.41, 5.74) is 5.82. The molecule has 4 atom stereocenters. The van der Waals surface area contributed by atoms with E-state index in [0.29, 0.717) is 6.42 Å². The van der Waals surface area contributed by atoms with Crippen molar-refractivity contribution in [2.75, 3.05) is 0 Å². The fourth-order valence-corrected chi connectivity index (χ4v) is 3.72. The smallest absolute Gasteiger partial charge is 0.162 e. The average Bonchev–Trinajstić information content (AvgIpc) is 2.72. The Labute approximate surface area is 179 Å². The van der Waals surface area contributed by atoms with Gasteiger partial charge in [-0.1, -0.05) is 104 Å². The molecule has 0 spiro atoms. The predicted molar refractivity (Wildman–Crippen MR) is 121 cm³/mol. The predicted octanol–water partition coefficient (Wildman–Crippen LogP) is 4.64. The largest absolute Gasteiger partial charge is 0.390 e. The van der Waals surface area contributed by atoms with Crippen molar-refractivity contribution in [3.63, 3.8) is 0 Å². The van der Waals surface area contributed by atoms with E-state index in [2.05, 4.69) is 6.92 Å². The summed E-state index contributed by atoms with van der Waals surface area (Å²) in [6.07, 6.45) is 14.6. The van der Waals surface area contributed by atoms with Crippen molar-refractivity contribution in [1.29, 1.82) is 0 Å². The first-order chi connectivity index (χ1) is 14.0. The van der Waals surface area contributed by atoms with E-state index in [9.17, 15) is 20.1 Å². The molecule has 0 bridgehead atoms. The minimum Gasteiger partial charge on any atom is -0.390 e. The molecule has 5 heteroatoms. The fourth-order valence-electron chi connectivity index (χ4n) is 3.72. The molecule has 0 heterocycles.